The van der Waals surface area contributed by atoms with Gasteiger partial charge in [0.05, 0.1) is 12.2 Å². The number of piperidine rings is 2. The highest BCUT2D eigenvalue weighted by atomic mass is 16.5. The number of amides is 1. The molecule has 0 saturated carbocycles. The summed E-state index contributed by atoms with van der Waals surface area (Å²) < 4.78 is 6.39. The second-order valence-electron chi connectivity index (χ2n) is 7.83. The minimum absolute atomic E-state index is 0.141. The zero-order valence-electron chi connectivity index (χ0n) is 16.4. The lowest BCUT2D eigenvalue weighted by Gasteiger charge is -2.37. The van der Waals surface area contributed by atoms with E-state index in [4.69, 9.17) is 4.74 Å². The summed E-state index contributed by atoms with van der Waals surface area (Å²) in [6.45, 7) is 4.70. The lowest BCUT2D eigenvalue weighted by Crippen LogP contribution is -2.43. The Morgan fingerprint density at radius 2 is 1.61 bits per heavy atom. The van der Waals surface area contributed by atoms with Crippen LogP contribution in [0.25, 0.3) is 0 Å². The fourth-order valence-corrected chi connectivity index (χ4v) is 4.18. The Hall–Kier alpha value is -2.24. The first-order chi connectivity index (χ1) is 13.8. The van der Waals surface area contributed by atoms with Gasteiger partial charge < -0.3 is 9.64 Å². The van der Waals surface area contributed by atoms with Crippen LogP contribution in [0, 0.1) is 0 Å². The van der Waals surface area contributed by atoms with Crippen LogP contribution in [0.5, 0.6) is 0 Å². The largest absolute Gasteiger partial charge is 0.375 e. The van der Waals surface area contributed by atoms with Gasteiger partial charge >= 0.3 is 0 Å². The van der Waals surface area contributed by atoms with Crippen LogP contribution >= 0.6 is 0 Å². The van der Waals surface area contributed by atoms with Crippen LogP contribution in [0.2, 0.25) is 0 Å². The summed E-state index contributed by atoms with van der Waals surface area (Å²) in [7, 11) is 0. The zero-order chi connectivity index (χ0) is 19.2. The molecular weight excluding hydrogens is 350 g/mol. The molecule has 5 nitrogen and oxygen atoms in total. The number of ether oxygens (including phenoxy) is 1. The molecule has 1 aromatic heterocycles. The Balaban J connectivity index is 1.18. The molecule has 5 heteroatoms. The van der Waals surface area contributed by atoms with Crippen LogP contribution in [-0.4, -0.2) is 59.1 Å². The van der Waals surface area contributed by atoms with Crippen molar-refractivity contribution in [3.8, 4) is 0 Å². The topological polar surface area (TPSA) is 45.7 Å². The van der Waals surface area contributed by atoms with Crippen LogP contribution in [0.1, 0.15) is 41.6 Å². The van der Waals surface area contributed by atoms with Gasteiger partial charge in [0, 0.05) is 50.7 Å². The number of nitrogens with zero attached hydrogens (tertiary/aromatic N) is 3. The lowest BCUT2D eigenvalue weighted by atomic mass is 10.0. The molecule has 0 bridgehead atoms. The molecule has 2 aromatic rings. The molecule has 3 heterocycles. The third-order valence-corrected chi connectivity index (χ3v) is 5.80. The van der Waals surface area contributed by atoms with Crippen LogP contribution in [-0.2, 0) is 11.3 Å². The normalized spacial score (nSPS) is 19.6. The fourth-order valence-electron chi connectivity index (χ4n) is 4.18. The molecular formula is C23H29N3O2. The van der Waals surface area contributed by atoms with Crippen LogP contribution < -0.4 is 0 Å². The molecule has 148 valence electrons. The van der Waals surface area contributed by atoms with Gasteiger partial charge in [-0.25, -0.2) is 0 Å². The van der Waals surface area contributed by atoms with Gasteiger partial charge in [-0.3, -0.25) is 14.7 Å². The van der Waals surface area contributed by atoms with Gasteiger partial charge in [0.1, 0.15) is 0 Å². The fraction of sp³-hybridized carbons (Fsp3) is 0.478. The maximum Gasteiger partial charge on any atom is 0.253 e. The van der Waals surface area contributed by atoms with Crippen molar-refractivity contribution in [2.24, 2.45) is 0 Å². The van der Waals surface area contributed by atoms with Crippen molar-refractivity contribution in [1.29, 1.82) is 0 Å². The van der Waals surface area contributed by atoms with E-state index in [1.165, 1.54) is 5.56 Å². The molecule has 2 aliphatic heterocycles. The van der Waals surface area contributed by atoms with Gasteiger partial charge in [-0.2, -0.15) is 0 Å². The van der Waals surface area contributed by atoms with E-state index < -0.39 is 0 Å². The maximum atomic E-state index is 12.6. The molecule has 0 spiro atoms. The number of pyridine rings is 1. The first-order valence-electron chi connectivity index (χ1n) is 10.4. The first-order valence-corrected chi connectivity index (χ1v) is 10.4. The molecule has 2 saturated heterocycles. The highest BCUT2D eigenvalue weighted by molar-refractivity contribution is 5.94. The van der Waals surface area contributed by atoms with E-state index in [0.717, 1.165) is 64.0 Å². The van der Waals surface area contributed by atoms with Crippen molar-refractivity contribution in [1.82, 2.24) is 14.8 Å². The lowest BCUT2D eigenvalue weighted by molar-refractivity contribution is -0.0629. The van der Waals surface area contributed by atoms with Crippen LogP contribution in [0.15, 0.2) is 54.9 Å². The molecule has 1 aromatic carbocycles. The van der Waals surface area contributed by atoms with Crippen molar-refractivity contribution in [3.05, 3.63) is 66.0 Å². The zero-order valence-corrected chi connectivity index (χ0v) is 16.4. The minimum Gasteiger partial charge on any atom is -0.375 e. The van der Waals surface area contributed by atoms with Gasteiger partial charge in [-0.05, 0) is 49.4 Å². The van der Waals surface area contributed by atoms with Crippen molar-refractivity contribution in [3.63, 3.8) is 0 Å². The SMILES string of the molecule is O=C(c1ccccc1)N1CCC(OC2CCN(Cc3cccnc3)CC2)CC1. The third-order valence-electron chi connectivity index (χ3n) is 5.80. The second-order valence-corrected chi connectivity index (χ2v) is 7.83. The monoisotopic (exact) mass is 379 g/mol. The molecule has 28 heavy (non-hydrogen) atoms. The summed E-state index contributed by atoms with van der Waals surface area (Å²) in [4.78, 5) is 21.2. The number of hydrogen-bond acceptors (Lipinski definition) is 4. The number of aromatic nitrogens is 1. The van der Waals surface area contributed by atoms with Crippen molar-refractivity contribution in [2.45, 2.75) is 44.4 Å². The average Bonchev–Trinajstić information content (AvgIpc) is 2.76. The molecule has 0 N–H and O–H groups in total. The first kappa shape index (κ1) is 19.1. The Labute approximate surface area is 167 Å². The van der Waals surface area contributed by atoms with Gasteiger partial charge in [-0.15, -0.1) is 0 Å². The Morgan fingerprint density at radius 3 is 2.25 bits per heavy atom. The summed E-state index contributed by atoms with van der Waals surface area (Å²) in [5.41, 5.74) is 2.06. The Kier molecular flexibility index (Phi) is 6.34. The molecule has 0 aliphatic carbocycles. The summed E-state index contributed by atoms with van der Waals surface area (Å²) in [5, 5.41) is 0. The van der Waals surface area contributed by atoms with E-state index in [1.807, 2.05) is 53.7 Å². The number of benzene rings is 1. The predicted molar refractivity (Wildman–Crippen MR) is 109 cm³/mol. The molecule has 2 aliphatic rings. The molecule has 2 fully saturated rings. The number of rotatable bonds is 5. The average molecular weight is 380 g/mol. The third kappa shape index (κ3) is 4.97. The highest BCUT2D eigenvalue weighted by Gasteiger charge is 2.27. The quantitative estimate of drug-likeness (QED) is 0.799. The highest BCUT2D eigenvalue weighted by Crippen LogP contribution is 2.22. The molecule has 4 rings (SSSR count). The minimum atomic E-state index is 0.141. The van der Waals surface area contributed by atoms with E-state index >= 15 is 0 Å². The van der Waals surface area contributed by atoms with Gasteiger partial charge in [-0.1, -0.05) is 24.3 Å². The van der Waals surface area contributed by atoms with Crippen molar-refractivity contribution < 1.29 is 9.53 Å². The van der Waals surface area contributed by atoms with E-state index in [-0.39, 0.29) is 12.0 Å². The van der Waals surface area contributed by atoms with E-state index in [2.05, 4.69) is 16.0 Å². The van der Waals surface area contributed by atoms with Crippen molar-refractivity contribution in [2.75, 3.05) is 26.2 Å². The second kappa shape index (κ2) is 9.30. The summed E-state index contributed by atoms with van der Waals surface area (Å²) in [5.74, 6) is 0.141. The number of carbonyl (C=O) groups excluding carboxylic acids is 1. The van der Waals surface area contributed by atoms with E-state index in [1.54, 1.807) is 0 Å². The Morgan fingerprint density at radius 1 is 0.929 bits per heavy atom. The van der Waals surface area contributed by atoms with E-state index in [0.29, 0.717) is 6.10 Å². The van der Waals surface area contributed by atoms with Gasteiger partial charge in [0.25, 0.3) is 5.91 Å². The molecule has 0 atom stereocenters. The molecule has 0 unspecified atom stereocenters. The molecule has 1 amide bonds. The summed E-state index contributed by atoms with van der Waals surface area (Å²) >= 11 is 0. The van der Waals surface area contributed by atoms with Crippen LogP contribution in [0.4, 0.5) is 0 Å². The Bertz CT molecular complexity index is 737. The van der Waals surface area contributed by atoms with E-state index in [9.17, 15) is 4.79 Å². The van der Waals surface area contributed by atoms with Gasteiger partial charge in [0.2, 0.25) is 0 Å². The standard InChI is InChI=1S/C23H29N3O2/c27-23(20-6-2-1-3-7-20)26-15-10-22(11-16-26)28-21-8-13-25(14-9-21)18-19-5-4-12-24-17-19/h1-7,12,17,21-22H,8-11,13-16,18H2. The summed E-state index contributed by atoms with van der Waals surface area (Å²) in [6, 6.07) is 13.7. The number of hydrogen-bond donors (Lipinski definition) is 0. The molecule has 0 radical (unpaired) electrons. The van der Waals surface area contributed by atoms with Crippen molar-refractivity contribution >= 4 is 5.91 Å². The number of carbonyl (C=O) groups is 1. The number of likely N-dealkylation sites (tertiary alicyclic amines) is 2. The summed E-state index contributed by atoms with van der Waals surface area (Å²) in [6.07, 6.45) is 8.46. The van der Waals surface area contributed by atoms with Crippen LogP contribution in [0.3, 0.4) is 0 Å². The maximum absolute atomic E-state index is 12.6. The smallest absolute Gasteiger partial charge is 0.253 e. The van der Waals surface area contributed by atoms with Gasteiger partial charge in [0.15, 0.2) is 0 Å². The predicted octanol–water partition coefficient (Wildman–Crippen LogP) is 3.37.